The molecule has 4 rings (SSSR count). The van der Waals surface area contributed by atoms with Crippen LogP contribution in [0.15, 0.2) is 48.5 Å². The smallest absolute Gasteiger partial charge is 0.311 e. The van der Waals surface area contributed by atoms with Crippen molar-refractivity contribution in [2.24, 2.45) is 5.92 Å². The van der Waals surface area contributed by atoms with E-state index in [9.17, 15) is 9.59 Å². The summed E-state index contributed by atoms with van der Waals surface area (Å²) in [6, 6.07) is 16.2. The Balaban J connectivity index is 1.64. The predicted octanol–water partition coefficient (Wildman–Crippen LogP) is 5.51. The first kappa shape index (κ1) is 22.4. The highest BCUT2D eigenvalue weighted by atomic mass is 16.5. The molecule has 1 saturated heterocycles. The van der Waals surface area contributed by atoms with Crippen LogP contribution in [-0.4, -0.2) is 36.0 Å². The van der Waals surface area contributed by atoms with Crippen molar-refractivity contribution in [2.75, 3.05) is 18.5 Å². The van der Waals surface area contributed by atoms with Crippen molar-refractivity contribution in [1.82, 2.24) is 4.90 Å². The number of benzene rings is 2. The number of nitrogens with zero attached hydrogens (tertiary/aromatic N) is 1. The molecule has 0 radical (unpaired) electrons. The first-order valence-electron chi connectivity index (χ1n) is 12.0. The van der Waals surface area contributed by atoms with Gasteiger partial charge in [0, 0.05) is 23.8 Å². The Morgan fingerprint density at radius 3 is 2.41 bits per heavy atom. The molecule has 1 amide bonds. The van der Waals surface area contributed by atoms with Gasteiger partial charge in [0.15, 0.2) is 0 Å². The summed E-state index contributed by atoms with van der Waals surface area (Å²) in [6.07, 6.45) is 6.52. The highest BCUT2D eigenvalue weighted by Crippen LogP contribution is 2.38. The fourth-order valence-electron chi connectivity index (χ4n) is 5.18. The molecule has 2 atom stereocenters. The van der Waals surface area contributed by atoms with E-state index in [2.05, 4.69) is 29.6 Å². The summed E-state index contributed by atoms with van der Waals surface area (Å²) >= 11 is 0. The van der Waals surface area contributed by atoms with Gasteiger partial charge in [-0.25, -0.2) is 0 Å². The molecular weight excluding hydrogens is 400 g/mol. The van der Waals surface area contributed by atoms with Crippen LogP contribution in [0.4, 0.5) is 5.69 Å². The summed E-state index contributed by atoms with van der Waals surface area (Å²) in [7, 11) is 0. The lowest BCUT2D eigenvalue weighted by Gasteiger charge is -2.41. The third kappa shape index (κ3) is 4.82. The van der Waals surface area contributed by atoms with E-state index in [-0.39, 0.29) is 23.8 Å². The molecule has 1 saturated carbocycles. The normalized spacial score (nSPS) is 21.4. The first-order chi connectivity index (χ1) is 15.6. The molecule has 2 aromatic carbocycles. The molecule has 1 heterocycles. The van der Waals surface area contributed by atoms with Gasteiger partial charge in [-0.1, -0.05) is 43.2 Å². The minimum absolute atomic E-state index is 0.0183. The summed E-state index contributed by atoms with van der Waals surface area (Å²) < 4.78 is 5.41. The number of carbonyl (C=O) groups excluding carboxylic acids is 2. The number of rotatable bonds is 6. The maximum absolute atomic E-state index is 13.6. The van der Waals surface area contributed by atoms with Gasteiger partial charge >= 0.3 is 5.97 Å². The summed E-state index contributed by atoms with van der Waals surface area (Å²) in [6.45, 7) is 4.77. The lowest BCUT2D eigenvalue weighted by molar-refractivity contribution is -0.151. The van der Waals surface area contributed by atoms with Crippen molar-refractivity contribution in [2.45, 2.75) is 64.5 Å². The van der Waals surface area contributed by atoms with E-state index in [1.165, 1.54) is 25.7 Å². The number of amides is 1. The highest BCUT2D eigenvalue weighted by Gasteiger charge is 2.40. The molecule has 1 aliphatic heterocycles. The molecule has 170 valence electrons. The van der Waals surface area contributed by atoms with Gasteiger partial charge in [-0.15, -0.1) is 0 Å². The van der Waals surface area contributed by atoms with Crippen molar-refractivity contribution < 1.29 is 14.3 Å². The molecule has 1 aliphatic carbocycles. The lowest BCUT2D eigenvalue weighted by atomic mass is 9.84. The lowest BCUT2D eigenvalue weighted by Crippen LogP contribution is -2.45. The van der Waals surface area contributed by atoms with E-state index >= 15 is 0 Å². The fraction of sp³-hybridized carbons (Fsp3) is 0.481. The summed E-state index contributed by atoms with van der Waals surface area (Å²) in [5.74, 6) is -0.589. The number of ether oxygens (including phenoxy) is 1. The Morgan fingerprint density at radius 1 is 1.00 bits per heavy atom. The quantitative estimate of drug-likeness (QED) is 0.610. The average molecular weight is 435 g/mol. The van der Waals surface area contributed by atoms with Gasteiger partial charge in [0.05, 0.1) is 18.6 Å². The van der Waals surface area contributed by atoms with E-state index in [0.717, 1.165) is 29.7 Å². The molecule has 0 bridgehead atoms. The Labute approximate surface area is 191 Å². The van der Waals surface area contributed by atoms with E-state index in [1.807, 2.05) is 43.0 Å². The number of esters is 1. The number of aryl methyl sites for hydroxylation is 1. The maximum Gasteiger partial charge on any atom is 0.311 e. The second kappa shape index (κ2) is 10.2. The first-order valence-corrected chi connectivity index (χ1v) is 12.0. The standard InChI is InChI=1S/C27H34N2O3/c1-3-32-27(31)24-13-8-18-29(26(30)23-12-7-4-9-19(23)2)25(24)20-14-16-22(17-15-20)28-21-10-5-6-11-21/h4,7,9,12,14-17,21,24-25,28H,3,5-6,8,10-11,13,18H2,1-2H3/t24-,25-/m0/s1. The van der Waals surface area contributed by atoms with Gasteiger partial charge in [-0.05, 0) is 68.9 Å². The van der Waals surface area contributed by atoms with Crippen molar-refractivity contribution in [1.29, 1.82) is 0 Å². The van der Waals surface area contributed by atoms with Crippen LogP contribution in [0.1, 0.15) is 73.0 Å². The number of likely N-dealkylation sites (tertiary alicyclic amines) is 1. The largest absolute Gasteiger partial charge is 0.466 e. The topological polar surface area (TPSA) is 58.6 Å². The Hall–Kier alpha value is -2.82. The van der Waals surface area contributed by atoms with E-state index in [1.54, 1.807) is 0 Å². The average Bonchev–Trinajstić information content (AvgIpc) is 3.32. The molecule has 1 N–H and O–H groups in total. The zero-order valence-corrected chi connectivity index (χ0v) is 19.2. The second-order valence-corrected chi connectivity index (χ2v) is 9.01. The van der Waals surface area contributed by atoms with Crippen LogP contribution in [-0.2, 0) is 9.53 Å². The zero-order valence-electron chi connectivity index (χ0n) is 19.2. The van der Waals surface area contributed by atoms with Gasteiger partial charge in [-0.3, -0.25) is 9.59 Å². The van der Waals surface area contributed by atoms with Crippen LogP contribution in [0.5, 0.6) is 0 Å². The fourth-order valence-corrected chi connectivity index (χ4v) is 5.18. The van der Waals surface area contributed by atoms with Crippen LogP contribution in [0, 0.1) is 12.8 Å². The van der Waals surface area contributed by atoms with Crippen molar-refractivity contribution >= 4 is 17.6 Å². The molecule has 2 aliphatic rings. The van der Waals surface area contributed by atoms with E-state index in [0.29, 0.717) is 24.8 Å². The predicted molar refractivity (Wildman–Crippen MR) is 127 cm³/mol. The minimum atomic E-state index is -0.356. The number of hydrogen-bond acceptors (Lipinski definition) is 4. The van der Waals surface area contributed by atoms with Crippen molar-refractivity contribution in [3.63, 3.8) is 0 Å². The third-order valence-electron chi connectivity index (χ3n) is 6.83. The van der Waals surface area contributed by atoms with Crippen LogP contribution in [0.25, 0.3) is 0 Å². The maximum atomic E-state index is 13.6. The summed E-state index contributed by atoms with van der Waals surface area (Å²) in [5, 5.41) is 3.62. The Bertz CT molecular complexity index is 934. The van der Waals surface area contributed by atoms with Crippen LogP contribution in [0.3, 0.4) is 0 Å². The van der Waals surface area contributed by atoms with Gasteiger partial charge in [-0.2, -0.15) is 0 Å². The number of anilines is 1. The molecule has 5 heteroatoms. The number of carbonyl (C=O) groups is 2. The zero-order chi connectivity index (χ0) is 22.5. The molecule has 5 nitrogen and oxygen atoms in total. The molecule has 2 fully saturated rings. The Morgan fingerprint density at radius 2 is 1.72 bits per heavy atom. The molecule has 0 unspecified atom stereocenters. The Kier molecular flexibility index (Phi) is 7.13. The van der Waals surface area contributed by atoms with Crippen LogP contribution < -0.4 is 5.32 Å². The van der Waals surface area contributed by atoms with Gasteiger partial charge in [0.25, 0.3) is 5.91 Å². The molecule has 0 spiro atoms. The number of piperidine rings is 1. The van der Waals surface area contributed by atoms with Gasteiger partial charge < -0.3 is 15.0 Å². The van der Waals surface area contributed by atoms with Crippen molar-refractivity contribution in [3.05, 3.63) is 65.2 Å². The molecular formula is C27H34N2O3. The van der Waals surface area contributed by atoms with Crippen molar-refractivity contribution in [3.8, 4) is 0 Å². The molecule has 2 aromatic rings. The van der Waals surface area contributed by atoms with Crippen LogP contribution in [0.2, 0.25) is 0 Å². The van der Waals surface area contributed by atoms with Crippen LogP contribution >= 0.6 is 0 Å². The summed E-state index contributed by atoms with van der Waals surface area (Å²) in [5.41, 5.74) is 3.73. The molecule has 32 heavy (non-hydrogen) atoms. The number of nitrogens with one attached hydrogen (secondary N) is 1. The second-order valence-electron chi connectivity index (χ2n) is 9.01. The van der Waals surface area contributed by atoms with E-state index < -0.39 is 0 Å². The van der Waals surface area contributed by atoms with Gasteiger partial charge in [0.1, 0.15) is 0 Å². The number of hydrogen-bond donors (Lipinski definition) is 1. The molecule has 0 aromatic heterocycles. The minimum Gasteiger partial charge on any atom is -0.466 e. The SMILES string of the molecule is CCOC(=O)[C@H]1CCCN(C(=O)c2ccccc2C)[C@H]1c1ccc(NC2CCCC2)cc1. The summed E-state index contributed by atoms with van der Waals surface area (Å²) in [4.78, 5) is 28.3. The van der Waals surface area contributed by atoms with E-state index in [4.69, 9.17) is 4.74 Å². The highest BCUT2D eigenvalue weighted by molar-refractivity contribution is 5.96. The van der Waals surface area contributed by atoms with Gasteiger partial charge in [0.2, 0.25) is 0 Å². The third-order valence-corrected chi connectivity index (χ3v) is 6.83. The monoisotopic (exact) mass is 434 g/mol.